The molecule has 1 saturated heterocycles. The number of aliphatic hydroxyl groups is 1. The first kappa shape index (κ1) is 7.52. The molecule has 0 aromatic heterocycles. The Balaban J connectivity index is 2.96. The van der Waals surface area contributed by atoms with Crippen molar-refractivity contribution in [1.82, 2.24) is 3.11 Å². The third-order valence-electron chi connectivity index (χ3n) is 1.16. The number of ketones is 1. The van der Waals surface area contributed by atoms with Gasteiger partial charge in [-0.2, -0.15) is 0 Å². The first-order valence-electron chi connectivity index (χ1n) is 2.52. The molecule has 0 atom stereocenters. The van der Waals surface area contributed by atoms with Crippen LogP contribution in [-0.2, 0) is 9.59 Å². The molecule has 1 N–H and O–H groups in total. The highest BCUT2D eigenvalue weighted by molar-refractivity contribution is 14.1. The number of carbonyl (C=O) groups excluding carboxylic acids is 2. The van der Waals surface area contributed by atoms with Crippen molar-refractivity contribution in [1.29, 1.82) is 0 Å². The Hall–Kier alpha value is -0.590. The molecule has 0 unspecified atom stereocenters. The lowest BCUT2D eigenvalue weighted by molar-refractivity contribution is -0.119. The molecule has 0 spiro atoms. The quantitative estimate of drug-likeness (QED) is 0.220. The molecule has 0 saturated carbocycles. The average molecular weight is 253 g/mol. The molecule has 4 nitrogen and oxygen atoms in total. The highest BCUT2D eigenvalue weighted by Gasteiger charge is 2.32. The second kappa shape index (κ2) is 2.57. The summed E-state index contributed by atoms with van der Waals surface area (Å²) in [5.74, 6) is -0.755. The third-order valence-corrected chi connectivity index (χ3v) is 1.94. The Morgan fingerprint density at radius 3 is 2.40 bits per heavy atom. The van der Waals surface area contributed by atoms with Crippen molar-refractivity contribution in [2.45, 2.75) is 0 Å². The van der Waals surface area contributed by atoms with Gasteiger partial charge in [0.2, 0.25) is 0 Å². The molecule has 0 radical (unpaired) electrons. The van der Waals surface area contributed by atoms with E-state index in [4.69, 9.17) is 5.11 Å². The van der Waals surface area contributed by atoms with E-state index in [0.29, 0.717) is 6.26 Å². The number of aliphatic hydroxyl groups excluding tert-OH is 1. The van der Waals surface area contributed by atoms with Gasteiger partial charge in [-0.05, 0) is 0 Å². The van der Waals surface area contributed by atoms with E-state index in [1.54, 1.807) is 22.9 Å². The summed E-state index contributed by atoms with van der Waals surface area (Å²) in [5, 5.41) is 8.39. The van der Waals surface area contributed by atoms with Gasteiger partial charge in [-0.15, -0.1) is 0 Å². The Bertz CT molecular complexity index is 223. The Morgan fingerprint density at radius 2 is 2.20 bits per heavy atom. The van der Waals surface area contributed by atoms with E-state index in [1.165, 1.54) is 3.11 Å². The van der Waals surface area contributed by atoms with Crippen LogP contribution in [0.3, 0.4) is 0 Å². The first-order chi connectivity index (χ1) is 4.66. The summed E-state index contributed by atoms with van der Waals surface area (Å²) in [5.41, 5.74) is -0.130. The molecular formula is C5H4INO3. The molecule has 1 aliphatic heterocycles. The zero-order chi connectivity index (χ0) is 7.72. The fourth-order valence-corrected chi connectivity index (χ4v) is 1.23. The molecule has 1 heterocycles. The monoisotopic (exact) mass is 253 g/mol. The van der Waals surface area contributed by atoms with Crippen LogP contribution in [0.1, 0.15) is 0 Å². The second-order valence-electron chi connectivity index (χ2n) is 1.79. The summed E-state index contributed by atoms with van der Waals surface area (Å²) in [6, 6.07) is 0. The van der Waals surface area contributed by atoms with Crippen LogP contribution in [0.15, 0.2) is 11.8 Å². The molecule has 5 heteroatoms. The standard InChI is InChI=1S/C5H4INO3/c6-7-1-4(9)3(2-8)5(7)10/h2,8H,1H2/b3-2-. The molecule has 1 aliphatic rings. The lowest BCUT2D eigenvalue weighted by atomic mass is 10.2. The zero-order valence-corrected chi connectivity index (χ0v) is 7.03. The van der Waals surface area contributed by atoms with Gasteiger partial charge >= 0.3 is 0 Å². The van der Waals surface area contributed by atoms with Crippen molar-refractivity contribution in [3.8, 4) is 0 Å². The van der Waals surface area contributed by atoms with Crippen molar-refractivity contribution in [3.63, 3.8) is 0 Å². The highest BCUT2D eigenvalue weighted by Crippen LogP contribution is 2.16. The molecule has 0 aliphatic carbocycles. The summed E-state index contributed by atoms with van der Waals surface area (Å²) in [6.45, 7) is 0.0613. The number of carbonyl (C=O) groups is 2. The number of nitrogens with zero attached hydrogens (tertiary/aromatic N) is 1. The van der Waals surface area contributed by atoms with E-state index in [2.05, 4.69) is 0 Å². The number of Topliss-reactive ketones (excluding diaryl/α,β-unsaturated/α-hetero) is 1. The maximum absolute atomic E-state index is 10.8. The van der Waals surface area contributed by atoms with E-state index >= 15 is 0 Å². The van der Waals surface area contributed by atoms with Gasteiger partial charge in [0, 0.05) is 0 Å². The first-order valence-corrected chi connectivity index (χ1v) is 3.48. The summed E-state index contributed by atoms with van der Waals surface area (Å²) >= 11 is 1.72. The largest absolute Gasteiger partial charge is 0.515 e. The lowest BCUT2D eigenvalue weighted by Crippen LogP contribution is -2.11. The van der Waals surface area contributed by atoms with Gasteiger partial charge in [0.25, 0.3) is 5.91 Å². The van der Waals surface area contributed by atoms with Crippen LogP contribution in [0, 0.1) is 0 Å². The lowest BCUT2D eigenvalue weighted by Gasteiger charge is -1.98. The zero-order valence-electron chi connectivity index (χ0n) is 4.87. The Morgan fingerprint density at radius 1 is 1.60 bits per heavy atom. The van der Waals surface area contributed by atoms with Gasteiger partial charge in [0.1, 0.15) is 5.57 Å². The van der Waals surface area contributed by atoms with Crippen molar-refractivity contribution >= 4 is 34.6 Å². The average Bonchev–Trinajstić information content (AvgIpc) is 2.09. The van der Waals surface area contributed by atoms with Crippen LogP contribution < -0.4 is 0 Å². The van der Waals surface area contributed by atoms with Crippen molar-refractivity contribution in [3.05, 3.63) is 11.8 Å². The van der Waals surface area contributed by atoms with Gasteiger partial charge in [0.15, 0.2) is 5.78 Å². The van der Waals surface area contributed by atoms with E-state index in [-0.39, 0.29) is 17.9 Å². The third kappa shape index (κ3) is 1.00. The number of rotatable bonds is 0. The molecule has 10 heavy (non-hydrogen) atoms. The topological polar surface area (TPSA) is 57.6 Å². The van der Waals surface area contributed by atoms with Crippen LogP contribution in [0.25, 0.3) is 0 Å². The summed E-state index contributed by atoms with van der Waals surface area (Å²) < 4.78 is 1.22. The maximum atomic E-state index is 10.8. The minimum atomic E-state index is -0.423. The summed E-state index contributed by atoms with van der Waals surface area (Å²) in [7, 11) is 0. The summed E-state index contributed by atoms with van der Waals surface area (Å²) in [6.07, 6.45) is 0.559. The summed E-state index contributed by atoms with van der Waals surface area (Å²) in [4.78, 5) is 21.5. The molecule has 0 aromatic carbocycles. The SMILES string of the molecule is O=C1CN(I)C(=O)/C1=C\O. The fourth-order valence-electron chi connectivity index (χ4n) is 0.660. The Labute approximate surface area is 71.0 Å². The van der Waals surface area contributed by atoms with Gasteiger partial charge in [-0.3, -0.25) is 12.7 Å². The van der Waals surface area contributed by atoms with E-state index in [0.717, 1.165) is 0 Å². The molecule has 0 bridgehead atoms. The van der Waals surface area contributed by atoms with Crippen LogP contribution in [0.4, 0.5) is 0 Å². The van der Waals surface area contributed by atoms with Crippen molar-refractivity contribution in [2.75, 3.05) is 6.54 Å². The molecule has 1 fully saturated rings. The molecule has 0 aromatic rings. The normalized spacial score (nSPS) is 22.9. The van der Waals surface area contributed by atoms with Gasteiger partial charge in [0.05, 0.1) is 35.7 Å². The van der Waals surface area contributed by atoms with Crippen molar-refractivity contribution < 1.29 is 14.7 Å². The van der Waals surface area contributed by atoms with Gasteiger partial charge < -0.3 is 5.11 Å². The van der Waals surface area contributed by atoms with E-state index in [1.807, 2.05) is 0 Å². The van der Waals surface area contributed by atoms with E-state index < -0.39 is 5.91 Å². The molecule has 1 amide bonds. The number of hydrogen-bond donors (Lipinski definition) is 1. The number of hydrogen-bond acceptors (Lipinski definition) is 3. The molecule has 1 rings (SSSR count). The smallest absolute Gasteiger partial charge is 0.269 e. The Kier molecular flexibility index (Phi) is 1.93. The second-order valence-corrected chi connectivity index (χ2v) is 2.96. The minimum Gasteiger partial charge on any atom is -0.515 e. The van der Waals surface area contributed by atoms with Gasteiger partial charge in [-0.25, -0.2) is 0 Å². The van der Waals surface area contributed by atoms with Crippen LogP contribution in [0.2, 0.25) is 0 Å². The maximum Gasteiger partial charge on any atom is 0.269 e. The van der Waals surface area contributed by atoms with E-state index in [9.17, 15) is 9.59 Å². The van der Waals surface area contributed by atoms with Crippen molar-refractivity contribution in [2.24, 2.45) is 0 Å². The van der Waals surface area contributed by atoms with Crippen LogP contribution in [0.5, 0.6) is 0 Å². The van der Waals surface area contributed by atoms with Crippen LogP contribution >= 0.6 is 22.9 Å². The number of halogens is 1. The predicted octanol–water partition coefficient (Wildman–Crippen LogP) is 0.190. The number of amides is 1. The molecular weight excluding hydrogens is 249 g/mol. The van der Waals surface area contributed by atoms with Crippen LogP contribution in [-0.4, -0.2) is 26.5 Å². The highest BCUT2D eigenvalue weighted by atomic mass is 127. The minimum absolute atomic E-state index is 0.0613. The fraction of sp³-hybridized carbons (Fsp3) is 0.200. The predicted molar refractivity (Wildman–Crippen MR) is 41.5 cm³/mol. The van der Waals surface area contributed by atoms with Gasteiger partial charge in [-0.1, -0.05) is 0 Å². The molecule has 54 valence electrons.